The maximum Gasteiger partial charge on any atom is 0.491 e. The summed E-state index contributed by atoms with van der Waals surface area (Å²) in [6, 6.07) is 4.19. The van der Waals surface area contributed by atoms with Gasteiger partial charge in [0.2, 0.25) is 0 Å². The van der Waals surface area contributed by atoms with Crippen molar-refractivity contribution in [2.75, 3.05) is 18.0 Å². The first-order chi connectivity index (χ1) is 15.4. The van der Waals surface area contributed by atoms with Crippen molar-refractivity contribution >= 4 is 17.7 Å². The number of nitrogens with one attached hydrogen (secondary N) is 2. The molecule has 2 aliphatic rings. The van der Waals surface area contributed by atoms with Crippen molar-refractivity contribution in [3.8, 4) is 0 Å². The first-order valence-electron chi connectivity index (χ1n) is 10.7. The topological polar surface area (TPSA) is 70.7 Å². The standard InChI is InChI=1S/C21H25F6N3O3/c22-20(23,24)13-7-9-15(10-8-13)30-11-3-4-14(12-30)28-16-5-1-2-6-17(16)29-19(32)33-18(31)21(25,26)27/h7-10,14,16-17,28H,1-6,11-12H2,(H,29,32)/t14-,16+,17+/m0/s1. The predicted molar refractivity (Wildman–Crippen MR) is 107 cm³/mol. The summed E-state index contributed by atoms with van der Waals surface area (Å²) < 4.78 is 79.2. The molecule has 3 atom stereocenters. The fraction of sp³-hybridized carbons (Fsp3) is 0.619. The maximum absolute atomic E-state index is 12.8. The zero-order valence-corrected chi connectivity index (χ0v) is 17.6. The molecule has 1 amide bonds. The van der Waals surface area contributed by atoms with Crippen LogP contribution in [0.2, 0.25) is 0 Å². The third-order valence-corrected chi connectivity index (χ3v) is 5.92. The first kappa shape index (κ1) is 25.1. The van der Waals surface area contributed by atoms with E-state index in [-0.39, 0.29) is 12.1 Å². The van der Waals surface area contributed by atoms with Gasteiger partial charge in [0.15, 0.2) is 0 Å². The third kappa shape index (κ3) is 6.99. The van der Waals surface area contributed by atoms with Crippen LogP contribution < -0.4 is 15.5 Å². The van der Waals surface area contributed by atoms with Crippen LogP contribution in [0, 0.1) is 0 Å². The molecule has 0 aromatic heterocycles. The second-order valence-corrected chi connectivity index (χ2v) is 8.31. The molecule has 2 N–H and O–H groups in total. The number of halogens is 6. The fourth-order valence-corrected chi connectivity index (χ4v) is 4.34. The minimum Gasteiger partial charge on any atom is -0.370 e. The number of nitrogens with zero attached hydrogens (tertiary/aromatic N) is 1. The number of carbonyl (C=O) groups excluding carboxylic acids is 2. The molecule has 0 spiro atoms. The number of ether oxygens (including phenoxy) is 1. The normalized spacial score (nSPS) is 24.3. The zero-order chi connectivity index (χ0) is 24.2. The zero-order valence-electron chi connectivity index (χ0n) is 17.6. The highest BCUT2D eigenvalue weighted by Crippen LogP contribution is 2.31. The van der Waals surface area contributed by atoms with Gasteiger partial charge in [-0.2, -0.15) is 26.3 Å². The van der Waals surface area contributed by atoms with Crippen molar-refractivity contribution in [3.63, 3.8) is 0 Å². The van der Waals surface area contributed by atoms with E-state index in [1.54, 1.807) is 0 Å². The summed E-state index contributed by atoms with van der Waals surface area (Å²) in [4.78, 5) is 24.6. The monoisotopic (exact) mass is 481 g/mol. The molecule has 33 heavy (non-hydrogen) atoms. The molecule has 2 fully saturated rings. The molecular weight excluding hydrogens is 456 g/mol. The van der Waals surface area contributed by atoms with Crippen LogP contribution in [0.15, 0.2) is 24.3 Å². The summed E-state index contributed by atoms with van der Waals surface area (Å²) in [5.74, 6) is -2.57. The number of carbonyl (C=O) groups is 2. The molecule has 0 unspecified atom stereocenters. The molecule has 12 heteroatoms. The van der Waals surface area contributed by atoms with Gasteiger partial charge in [0.25, 0.3) is 0 Å². The molecule has 1 heterocycles. The molecule has 1 aromatic rings. The Labute approximate surface area is 186 Å². The number of alkyl carbamates (subject to hydrolysis) is 1. The lowest BCUT2D eigenvalue weighted by Gasteiger charge is -2.40. The number of esters is 1. The van der Waals surface area contributed by atoms with Crippen molar-refractivity contribution in [2.24, 2.45) is 0 Å². The molecule has 0 radical (unpaired) electrons. The molecular formula is C21H25F6N3O3. The summed E-state index contributed by atoms with van der Waals surface area (Å²) in [6.45, 7) is 1.22. The Morgan fingerprint density at radius 1 is 0.909 bits per heavy atom. The van der Waals surface area contributed by atoms with Crippen molar-refractivity contribution in [1.29, 1.82) is 0 Å². The molecule has 1 saturated heterocycles. The summed E-state index contributed by atoms with van der Waals surface area (Å²) >= 11 is 0. The lowest BCUT2D eigenvalue weighted by Crippen LogP contribution is -2.57. The number of rotatable bonds is 4. The molecule has 1 saturated carbocycles. The van der Waals surface area contributed by atoms with Crippen LogP contribution >= 0.6 is 0 Å². The van der Waals surface area contributed by atoms with Crippen molar-refractivity contribution in [1.82, 2.24) is 10.6 Å². The summed E-state index contributed by atoms with van der Waals surface area (Å²) in [7, 11) is 0. The van der Waals surface area contributed by atoms with E-state index in [0.29, 0.717) is 31.6 Å². The summed E-state index contributed by atoms with van der Waals surface area (Å²) in [6.07, 6.45) is -6.68. The Hall–Kier alpha value is -2.50. The third-order valence-electron chi connectivity index (χ3n) is 5.92. The molecule has 6 nitrogen and oxygen atoms in total. The average Bonchev–Trinajstić information content (AvgIpc) is 2.74. The smallest absolute Gasteiger partial charge is 0.370 e. The van der Waals surface area contributed by atoms with Gasteiger partial charge in [-0.3, -0.25) is 0 Å². The number of piperidine rings is 1. The predicted octanol–water partition coefficient (Wildman–Crippen LogP) is 4.39. The van der Waals surface area contributed by atoms with Crippen LogP contribution in [0.4, 0.5) is 36.8 Å². The number of amides is 1. The second kappa shape index (κ2) is 10.2. The van der Waals surface area contributed by atoms with Crippen molar-refractivity contribution in [2.45, 2.75) is 69.0 Å². The first-order valence-corrected chi connectivity index (χ1v) is 10.7. The van der Waals surface area contributed by atoms with Gasteiger partial charge in [0.05, 0.1) is 5.56 Å². The van der Waals surface area contributed by atoms with Crippen molar-refractivity contribution < 1.29 is 40.7 Å². The average molecular weight is 481 g/mol. The SMILES string of the molecule is O=C(N[C@@H]1CCCC[C@H]1N[C@H]1CCCN(c2ccc(C(F)(F)F)cc2)C1)OC(=O)C(F)(F)F. The Morgan fingerprint density at radius 2 is 1.55 bits per heavy atom. The van der Waals surface area contributed by atoms with Crippen LogP contribution in [0.25, 0.3) is 0 Å². The Balaban J connectivity index is 1.57. The number of hydrogen-bond acceptors (Lipinski definition) is 5. The van der Waals surface area contributed by atoms with E-state index >= 15 is 0 Å². The minimum atomic E-state index is -5.26. The van der Waals surface area contributed by atoms with Gasteiger partial charge in [0, 0.05) is 36.9 Å². The molecule has 1 aliphatic heterocycles. The Kier molecular flexibility index (Phi) is 7.76. The lowest BCUT2D eigenvalue weighted by molar-refractivity contribution is -0.193. The van der Waals surface area contributed by atoms with E-state index < -0.39 is 36.0 Å². The van der Waals surface area contributed by atoms with Crippen LogP contribution in [-0.4, -0.2) is 49.5 Å². The number of anilines is 1. The Morgan fingerprint density at radius 3 is 2.15 bits per heavy atom. The Bertz CT molecular complexity index is 828. The van der Waals surface area contributed by atoms with Crippen LogP contribution in [0.5, 0.6) is 0 Å². The summed E-state index contributed by atoms with van der Waals surface area (Å²) in [5.41, 5.74) is -0.0491. The van der Waals surface area contributed by atoms with Gasteiger partial charge in [-0.1, -0.05) is 12.8 Å². The number of benzene rings is 1. The van der Waals surface area contributed by atoms with E-state index in [4.69, 9.17) is 0 Å². The quantitative estimate of drug-likeness (QED) is 0.379. The van der Waals surface area contributed by atoms with E-state index in [0.717, 1.165) is 37.8 Å². The van der Waals surface area contributed by atoms with Crippen LogP contribution in [-0.2, 0) is 15.7 Å². The molecule has 0 bridgehead atoms. The van der Waals surface area contributed by atoms with E-state index in [1.807, 2.05) is 4.90 Å². The lowest BCUT2D eigenvalue weighted by atomic mass is 9.89. The molecule has 1 aromatic carbocycles. The maximum atomic E-state index is 12.8. The van der Waals surface area contributed by atoms with Gasteiger partial charge in [-0.15, -0.1) is 0 Å². The minimum absolute atomic E-state index is 0.0266. The highest BCUT2D eigenvalue weighted by molar-refractivity contribution is 5.87. The van der Waals surface area contributed by atoms with Crippen LogP contribution in [0.3, 0.4) is 0 Å². The van der Waals surface area contributed by atoms with Gasteiger partial charge in [0.1, 0.15) is 0 Å². The van der Waals surface area contributed by atoms with Crippen molar-refractivity contribution in [3.05, 3.63) is 29.8 Å². The highest BCUT2D eigenvalue weighted by Gasteiger charge is 2.43. The van der Waals surface area contributed by atoms with E-state index in [1.165, 1.54) is 12.1 Å². The molecule has 3 rings (SSSR count). The summed E-state index contributed by atoms with van der Waals surface area (Å²) in [5, 5.41) is 5.79. The number of alkyl halides is 6. The van der Waals surface area contributed by atoms with Gasteiger partial charge >= 0.3 is 24.4 Å². The van der Waals surface area contributed by atoms with Gasteiger partial charge < -0.3 is 20.3 Å². The molecule has 1 aliphatic carbocycles. The van der Waals surface area contributed by atoms with E-state index in [9.17, 15) is 35.9 Å². The fourth-order valence-electron chi connectivity index (χ4n) is 4.34. The van der Waals surface area contributed by atoms with E-state index in [2.05, 4.69) is 15.4 Å². The largest absolute Gasteiger partial charge is 0.491 e. The highest BCUT2D eigenvalue weighted by atomic mass is 19.4. The second-order valence-electron chi connectivity index (χ2n) is 8.31. The van der Waals surface area contributed by atoms with Gasteiger partial charge in [-0.25, -0.2) is 9.59 Å². The van der Waals surface area contributed by atoms with Crippen LogP contribution in [0.1, 0.15) is 44.1 Å². The molecule has 184 valence electrons. The van der Waals surface area contributed by atoms with Gasteiger partial charge in [-0.05, 0) is 49.9 Å². The number of hydrogen-bond donors (Lipinski definition) is 2.